The van der Waals surface area contributed by atoms with Gasteiger partial charge in [0.25, 0.3) is 0 Å². The predicted octanol–water partition coefficient (Wildman–Crippen LogP) is 1.01. The fourth-order valence-corrected chi connectivity index (χ4v) is 2.90. The van der Waals surface area contributed by atoms with Gasteiger partial charge in [-0.15, -0.1) is 0 Å². The molecule has 0 aromatic carbocycles. The average Bonchev–Trinajstić information content (AvgIpc) is 2.88. The molecule has 3 atom stereocenters. The summed E-state index contributed by atoms with van der Waals surface area (Å²) < 4.78 is 0. The highest BCUT2D eigenvalue weighted by Gasteiger charge is 2.42. The van der Waals surface area contributed by atoms with Gasteiger partial charge < -0.3 is 15.7 Å². The van der Waals surface area contributed by atoms with Gasteiger partial charge in [-0.1, -0.05) is 13.3 Å². The smallest absolute Gasteiger partial charge is 0.307 e. The van der Waals surface area contributed by atoms with Crippen LogP contribution >= 0.6 is 0 Å². The fourth-order valence-electron chi connectivity index (χ4n) is 2.90. The molecule has 1 aliphatic rings. The zero-order chi connectivity index (χ0) is 16.2. The van der Waals surface area contributed by atoms with E-state index in [0.29, 0.717) is 12.8 Å². The molecule has 1 rings (SSSR count). The molecule has 1 unspecified atom stereocenters. The van der Waals surface area contributed by atoms with Crippen LogP contribution < -0.4 is 10.6 Å². The van der Waals surface area contributed by atoms with Crippen LogP contribution in [0, 0.1) is 23.2 Å². The van der Waals surface area contributed by atoms with Crippen LogP contribution in [0.4, 0.5) is 0 Å². The third-order valence-corrected chi connectivity index (χ3v) is 4.44. The largest absolute Gasteiger partial charge is 0.481 e. The van der Waals surface area contributed by atoms with E-state index in [0.717, 1.165) is 6.42 Å². The maximum absolute atomic E-state index is 12.3. The lowest BCUT2D eigenvalue weighted by molar-refractivity contribution is -0.146. The van der Waals surface area contributed by atoms with Crippen LogP contribution in [0.15, 0.2) is 0 Å². The van der Waals surface area contributed by atoms with E-state index in [1.54, 1.807) is 20.9 Å². The monoisotopic (exact) mass is 298 g/mol. The molecule has 0 radical (unpaired) electrons. The molecule has 0 bridgehead atoms. The van der Waals surface area contributed by atoms with Crippen molar-refractivity contribution in [1.29, 1.82) is 0 Å². The van der Waals surface area contributed by atoms with Gasteiger partial charge in [0.05, 0.1) is 17.3 Å². The van der Waals surface area contributed by atoms with Crippen LogP contribution in [0.5, 0.6) is 0 Å². The van der Waals surface area contributed by atoms with Crippen molar-refractivity contribution >= 4 is 17.8 Å². The van der Waals surface area contributed by atoms with Crippen LogP contribution in [0.3, 0.4) is 0 Å². The second-order valence-corrected chi connectivity index (χ2v) is 6.48. The van der Waals surface area contributed by atoms with Crippen LogP contribution in [0.25, 0.3) is 0 Å². The number of carbonyl (C=O) groups is 3. The summed E-state index contributed by atoms with van der Waals surface area (Å²) >= 11 is 0. The molecule has 120 valence electrons. The number of rotatable bonds is 6. The first kappa shape index (κ1) is 17.5. The van der Waals surface area contributed by atoms with Gasteiger partial charge in [0, 0.05) is 13.6 Å². The van der Waals surface area contributed by atoms with Crippen LogP contribution in [0.2, 0.25) is 0 Å². The van der Waals surface area contributed by atoms with Crippen molar-refractivity contribution < 1.29 is 19.5 Å². The first-order valence-corrected chi connectivity index (χ1v) is 7.45. The van der Waals surface area contributed by atoms with Gasteiger partial charge in [-0.2, -0.15) is 0 Å². The first-order chi connectivity index (χ1) is 9.72. The minimum absolute atomic E-state index is 0.157. The number of hydrogen-bond donors (Lipinski definition) is 3. The molecule has 1 saturated carbocycles. The Kier molecular flexibility index (Phi) is 5.75. The molecule has 6 nitrogen and oxygen atoms in total. The molecule has 0 aromatic heterocycles. The lowest BCUT2D eigenvalue weighted by Gasteiger charge is -2.24. The maximum Gasteiger partial charge on any atom is 0.307 e. The summed E-state index contributed by atoms with van der Waals surface area (Å²) in [5.74, 6) is -2.14. The average molecular weight is 298 g/mol. The van der Waals surface area contributed by atoms with Crippen molar-refractivity contribution in [2.24, 2.45) is 23.2 Å². The quantitative estimate of drug-likeness (QED) is 0.682. The summed E-state index contributed by atoms with van der Waals surface area (Å²) in [6.07, 6.45) is 2.06. The summed E-state index contributed by atoms with van der Waals surface area (Å²) in [5, 5.41) is 14.6. The van der Waals surface area contributed by atoms with E-state index in [2.05, 4.69) is 10.6 Å². The molecular formula is C15H26N2O4. The lowest BCUT2D eigenvalue weighted by Crippen LogP contribution is -2.46. The number of aliphatic carboxylic acids is 1. The van der Waals surface area contributed by atoms with E-state index >= 15 is 0 Å². The minimum atomic E-state index is -0.906. The second kappa shape index (κ2) is 6.91. The lowest BCUT2D eigenvalue weighted by atomic mass is 9.91. The molecule has 0 saturated heterocycles. The third-order valence-electron chi connectivity index (χ3n) is 4.44. The molecular weight excluding hydrogens is 272 g/mol. The summed E-state index contributed by atoms with van der Waals surface area (Å²) in [6.45, 7) is 5.69. The number of hydrogen-bond acceptors (Lipinski definition) is 3. The Balaban J connectivity index is 2.66. The van der Waals surface area contributed by atoms with E-state index in [-0.39, 0.29) is 24.3 Å². The predicted molar refractivity (Wildman–Crippen MR) is 78.5 cm³/mol. The second-order valence-electron chi connectivity index (χ2n) is 6.48. The Morgan fingerprint density at radius 3 is 2.24 bits per heavy atom. The number of carbonyl (C=O) groups excluding carboxylic acids is 2. The van der Waals surface area contributed by atoms with Gasteiger partial charge in [-0.25, -0.2) is 0 Å². The summed E-state index contributed by atoms with van der Waals surface area (Å²) in [4.78, 5) is 35.2. The minimum Gasteiger partial charge on any atom is -0.481 e. The van der Waals surface area contributed by atoms with E-state index in [1.165, 1.54) is 0 Å². The highest BCUT2D eigenvalue weighted by atomic mass is 16.4. The van der Waals surface area contributed by atoms with Gasteiger partial charge in [0.15, 0.2) is 0 Å². The van der Waals surface area contributed by atoms with Gasteiger partial charge in [0.2, 0.25) is 11.8 Å². The van der Waals surface area contributed by atoms with Gasteiger partial charge in [-0.05, 0) is 32.6 Å². The number of carboxylic acids is 1. The van der Waals surface area contributed by atoms with Crippen molar-refractivity contribution in [3.63, 3.8) is 0 Å². The Morgan fingerprint density at radius 2 is 1.76 bits per heavy atom. The summed E-state index contributed by atoms with van der Waals surface area (Å²) in [5.41, 5.74) is -0.716. The normalized spacial score (nSPS) is 25.4. The van der Waals surface area contributed by atoms with Crippen molar-refractivity contribution in [2.45, 2.75) is 40.0 Å². The number of carboxylic acid groups (broad SMARTS) is 1. The Labute approximate surface area is 125 Å². The van der Waals surface area contributed by atoms with Crippen molar-refractivity contribution in [2.75, 3.05) is 13.6 Å². The molecule has 0 aromatic rings. The highest BCUT2D eigenvalue weighted by Crippen LogP contribution is 2.38. The van der Waals surface area contributed by atoms with E-state index in [1.807, 2.05) is 6.92 Å². The van der Waals surface area contributed by atoms with Crippen molar-refractivity contribution in [3.05, 3.63) is 0 Å². The topological polar surface area (TPSA) is 95.5 Å². The molecule has 6 heteroatoms. The van der Waals surface area contributed by atoms with Crippen LogP contribution in [0.1, 0.15) is 40.0 Å². The van der Waals surface area contributed by atoms with E-state index in [4.69, 9.17) is 0 Å². The molecule has 21 heavy (non-hydrogen) atoms. The number of nitrogens with one attached hydrogen (secondary N) is 2. The Bertz CT molecular complexity index is 420. The first-order valence-electron chi connectivity index (χ1n) is 7.45. The maximum atomic E-state index is 12.3. The molecule has 0 spiro atoms. The molecule has 0 heterocycles. The van der Waals surface area contributed by atoms with Crippen LogP contribution in [-0.4, -0.2) is 36.5 Å². The van der Waals surface area contributed by atoms with Crippen LogP contribution in [-0.2, 0) is 14.4 Å². The molecule has 1 fully saturated rings. The standard InChI is InChI=1S/C15H26N2O4/c1-5-9-6-10(11(7-9)13(19)20)12(18)17-8-15(2,3)14(21)16-4/h9-11H,5-8H2,1-4H3,(H,16,21)(H,17,18)(H,19,20)/t9?,10-,11+/m0/s1. The Hall–Kier alpha value is -1.59. The van der Waals surface area contributed by atoms with E-state index in [9.17, 15) is 19.5 Å². The van der Waals surface area contributed by atoms with Gasteiger partial charge >= 0.3 is 5.97 Å². The van der Waals surface area contributed by atoms with Gasteiger partial charge in [0.1, 0.15) is 0 Å². The summed E-state index contributed by atoms with van der Waals surface area (Å²) in [6, 6.07) is 0. The highest BCUT2D eigenvalue weighted by molar-refractivity contribution is 5.86. The number of amides is 2. The Morgan fingerprint density at radius 1 is 1.19 bits per heavy atom. The third kappa shape index (κ3) is 4.19. The van der Waals surface area contributed by atoms with Crippen molar-refractivity contribution in [1.82, 2.24) is 10.6 Å². The van der Waals surface area contributed by atoms with E-state index < -0.39 is 23.2 Å². The van der Waals surface area contributed by atoms with Gasteiger partial charge in [-0.3, -0.25) is 14.4 Å². The summed E-state index contributed by atoms with van der Waals surface area (Å²) in [7, 11) is 1.55. The van der Waals surface area contributed by atoms with Crippen molar-refractivity contribution in [3.8, 4) is 0 Å². The zero-order valence-corrected chi connectivity index (χ0v) is 13.2. The zero-order valence-electron chi connectivity index (χ0n) is 13.2. The molecule has 0 aliphatic heterocycles. The fraction of sp³-hybridized carbons (Fsp3) is 0.800. The molecule has 3 N–H and O–H groups in total. The molecule has 2 amide bonds. The SMILES string of the molecule is CCC1C[C@H](C(=O)NCC(C)(C)C(=O)NC)[C@H](C(=O)O)C1. The molecule has 1 aliphatic carbocycles.